The van der Waals surface area contributed by atoms with Crippen LogP contribution < -0.4 is 15.6 Å². The average Bonchev–Trinajstić information content (AvgIpc) is 2.77. The van der Waals surface area contributed by atoms with E-state index in [1.54, 1.807) is 0 Å². The molecule has 2 heterocycles. The molecular formula is C21H26FN3O7. The molecule has 3 rings (SSSR count). The minimum atomic E-state index is -1.27. The van der Waals surface area contributed by atoms with Crippen molar-refractivity contribution in [3.05, 3.63) is 52.1 Å². The maximum absolute atomic E-state index is 14.0. The Morgan fingerprint density at radius 1 is 1.25 bits per heavy atom. The minimum Gasteiger partial charge on any atom is -0.479 e. The van der Waals surface area contributed by atoms with Gasteiger partial charge in [0, 0.05) is 25.8 Å². The summed E-state index contributed by atoms with van der Waals surface area (Å²) in [6.45, 7) is 0.0198. The first-order valence-electron chi connectivity index (χ1n) is 9.89. The molecule has 10 nitrogen and oxygen atoms in total. The van der Waals surface area contributed by atoms with Crippen LogP contribution in [0.15, 0.2) is 35.1 Å². The molecular weight excluding hydrogens is 425 g/mol. The van der Waals surface area contributed by atoms with Crippen molar-refractivity contribution in [2.75, 3.05) is 39.9 Å². The Hall–Kier alpha value is -3.02. The lowest BCUT2D eigenvalue weighted by Crippen LogP contribution is -2.60. The van der Waals surface area contributed by atoms with Crippen LogP contribution in [0, 0.1) is 5.82 Å². The fourth-order valence-electron chi connectivity index (χ4n) is 3.67. The normalized spacial score (nSPS) is 19.0. The summed E-state index contributed by atoms with van der Waals surface area (Å²) in [4.78, 5) is 23.5. The third kappa shape index (κ3) is 4.90. The van der Waals surface area contributed by atoms with Crippen molar-refractivity contribution in [2.24, 2.45) is 0 Å². The van der Waals surface area contributed by atoms with Crippen molar-refractivity contribution in [3.63, 3.8) is 0 Å². The summed E-state index contributed by atoms with van der Waals surface area (Å²) >= 11 is 0. The molecule has 0 spiro atoms. The van der Waals surface area contributed by atoms with E-state index in [-0.39, 0.29) is 32.0 Å². The van der Waals surface area contributed by atoms with Crippen molar-refractivity contribution >= 4 is 11.8 Å². The summed E-state index contributed by atoms with van der Waals surface area (Å²) < 4.78 is 36.3. The number of anilines is 1. The third-order valence-electron chi connectivity index (χ3n) is 5.18. The van der Waals surface area contributed by atoms with Crippen LogP contribution >= 0.6 is 0 Å². The second-order valence-corrected chi connectivity index (χ2v) is 7.39. The fourth-order valence-corrected chi connectivity index (χ4v) is 3.67. The van der Waals surface area contributed by atoms with Gasteiger partial charge in [-0.05, 0) is 24.3 Å². The lowest BCUT2D eigenvalue weighted by molar-refractivity contribution is -0.142. The molecule has 2 unspecified atom stereocenters. The van der Waals surface area contributed by atoms with Gasteiger partial charge in [-0.1, -0.05) is 0 Å². The first-order chi connectivity index (χ1) is 15.3. The summed E-state index contributed by atoms with van der Waals surface area (Å²) in [5.41, 5.74) is -1.31. The molecule has 2 aromatic rings. The highest BCUT2D eigenvalue weighted by Crippen LogP contribution is 2.42. The second-order valence-electron chi connectivity index (χ2n) is 7.39. The number of benzene rings is 1. The molecule has 0 bridgehead atoms. The SMILES string of the molecule is COCC1(COC)Oc2ccc(F)cc2C(Nc2ccc(=O)n(CCC(=O)OC)n2)C1O. The van der Waals surface area contributed by atoms with Gasteiger partial charge in [0.05, 0.1) is 39.3 Å². The lowest BCUT2D eigenvalue weighted by Gasteiger charge is -2.45. The molecule has 2 N–H and O–H groups in total. The number of aryl methyl sites for hydroxylation is 1. The van der Waals surface area contributed by atoms with Gasteiger partial charge in [-0.2, -0.15) is 5.10 Å². The number of rotatable bonds is 9. The molecule has 0 saturated heterocycles. The van der Waals surface area contributed by atoms with E-state index in [9.17, 15) is 19.1 Å². The van der Waals surface area contributed by atoms with Gasteiger partial charge in [0.2, 0.25) is 0 Å². The van der Waals surface area contributed by atoms with Crippen LogP contribution in [0.5, 0.6) is 5.75 Å². The average molecular weight is 451 g/mol. The van der Waals surface area contributed by atoms with Gasteiger partial charge >= 0.3 is 5.97 Å². The van der Waals surface area contributed by atoms with Gasteiger partial charge in [0.1, 0.15) is 23.5 Å². The molecule has 2 atom stereocenters. The van der Waals surface area contributed by atoms with Crippen LogP contribution in [0.2, 0.25) is 0 Å². The summed E-state index contributed by atoms with van der Waals surface area (Å²) in [5.74, 6) is -0.403. The maximum Gasteiger partial charge on any atom is 0.307 e. The Labute approximate surface area is 183 Å². The lowest BCUT2D eigenvalue weighted by atomic mass is 9.84. The number of hydrogen-bond acceptors (Lipinski definition) is 9. The number of ether oxygens (including phenoxy) is 4. The zero-order valence-electron chi connectivity index (χ0n) is 18.0. The molecule has 0 fully saturated rings. The Balaban J connectivity index is 1.97. The van der Waals surface area contributed by atoms with Crippen molar-refractivity contribution in [3.8, 4) is 5.75 Å². The standard InChI is InChI=1S/C21H26FN3O7/c1-29-11-21(12-30-2)20(28)19(14-10-13(22)4-5-15(14)32-21)23-16-6-7-17(26)25(24-16)9-8-18(27)31-3/h4-7,10,19-20,28H,8-9,11-12H2,1-3H3,(H,23,24). The molecule has 174 valence electrons. The number of fused-ring (bicyclic) bond motifs is 1. The molecule has 0 radical (unpaired) electrons. The number of hydrogen-bond donors (Lipinski definition) is 2. The monoisotopic (exact) mass is 451 g/mol. The molecule has 1 aromatic carbocycles. The van der Waals surface area contributed by atoms with Crippen molar-refractivity contribution in [1.82, 2.24) is 9.78 Å². The number of halogens is 1. The number of esters is 1. The molecule has 0 amide bonds. The molecule has 1 aliphatic rings. The minimum absolute atomic E-state index is 0.00303. The van der Waals surface area contributed by atoms with Gasteiger partial charge < -0.3 is 29.4 Å². The van der Waals surface area contributed by atoms with E-state index >= 15 is 0 Å². The molecule has 0 aliphatic carbocycles. The Morgan fingerprint density at radius 3 is 2.62 bits per heavy atom. The summed E-state index contributed by atoms with van der Waals surface area (Å²) in [6.07, 6.45) is -1.26. The molecule has 11 heteroatoms. The summed E-state index contributed by atoms with van der Waals surface area (Å²) in [7, 11) is 4.19. The first kappa shape index (κ1) is 23.6. The maximum atomic E-state index is 14.0. The topological polar surface area (TPSA) is 121 Å². The number of nitrogens with one attached hydrogen (secondary N) is 1. The van der Waals surface area contributed by atoms with Gasteiger partial charge in [-0.15, -0.1) is 0 Å². The molecule has 1 aromatic heterocycles. The fraction of sp³-hybridized carbons (Fsp3) is 0.476. The Bertz CT molecular complexity index is 1010. The van der Waals surface area contributed by atoms with Gasteiger partial charge in [-0.3, -0.25) is 9.59 Å². The zero-order chi connectivity index (χ0) is 23.3. The van der Waals surface area contributed by atoms with Crippen LogP contribution in [-0.2, 0) is 25.5 Å². The van der Waals surface area contributed by atoms with E-state index in [1.807, 2.05) is 0 Å². The largest absolute Gasteiger partial charge is 0.479 e. The van der Waals surface area contributed by atoms with Crippen molar-refractivity contribution in [2.45, 2.75) is 30.7 Å². The van der Waals surface area contributed by atoms with E-state index in [1.165, 1.54) is 51.7 Å². The third-order valence-corrected chi connectivity index (χ3v) is 5.18. The summed E-state index contributed by atoms with van der Waals surface area (Å²) in [5, 5.41) is 18.5. The van der Waals surface area contributed by atoms with Crippen molar-refractivity contribution in [1.29, 1.82) is 0 Å². The van der Waals surface area contributed by atoms with Crippen LogP contribution in [0.3, 0.4) is 0 Å². The predicted octanol–water partition coefficient (Wildman–Crippen LogP) is 0.884. The molecule has 1 aliphatic heterocycles. The van der Waals surface area contributed by atoms with E-state index in [4.69, 9.17) is 14.2 Å². The Kier molecular flexibility index (Phi) is 7.44. The molecule has 32 heavy (non-hydrogen) atoms. The van der Waals surface area contributed by atoms with Gasteiger partial charge in [0.15, 0.2) is 5.60 Å². The highest BCUT2D eigenvalue weighted by molar-refractivity contribution is 5.68. The van der Waals surface area contributed by atoms with Crippen LogP contribution in [-0.4, -0.2) is 67.1 Å². The number of aliphatic hydroxyl groups is 1. The van der Waals surface area contributed by atoms with E-state index < -0.39 is 35.1 Å². The number of carbonyl (C=O) groups is 1. The number of methoxy groups -OCH3 is 3. The second kappa shape index (κ2) is 10.1. The quantitative estimate of drug-likeness (QED) is 0.535. The predicted molar refractivity (Wildman–Crippen MR) is 111 cm³/mol. The van der Waals surface area contributed by atoms with Gasteiger partial charge in [0.25, 0.3) is 5.56 Å². The number of aliphatic hydroxyl groups excluding tert-OH is 1. The Morgan fingerprint density at radius 2 is 1.97 bits per heavy atom. The summed E-state index contributed by atoms with van der Waals surface area (Å²) in [6, 6.07) is 5.83. The first-order valence-corrected chi connectivity index (χ1v) is 9.89. The smallest absolute Gasteiger partial charge is 0.307 e. The molecule has 0 saturated carbocycles. The number of nitrogens with zero attached hydrogens (tertiary/aromatic N) is 2. The zero-order valence-corrected chi connectivity index (χ0v) is 18.0. The van der Waals surface area contributed by atoms with Crippen LogP contribution in [0.4, 0.5) is 10.2 Å². The van der Waals surface area contributed by atoms with Crippen LogP contribution in [0.1, 0.15) is 18.0 Å². The highest BCUT2D eigenvalue weighted by atomic mass is 19.1. The van der Waals surface area contributed by atoms with E-state index in [2.05, 4.69) is 15.2 Å². The van der Waals surface area contributed by atoms with E-state index in [0.717, 1.165) is 4.68 Å². The highest BCUT2D eigenvalue weighted by Gasteiger charge is 2.50. The van der Waals surface area contributed by atoms with E-state index in [0.29, 0.717) is 11.3 Å². The number of aromatic nitrogens is 2. The number of carbonyl (C=O) groups excluding carboxylic acids is 1. The van der Waals surface area contributed by atoms with Gasteiger partial charge in [-0.25, -0.2) is 9.07 Å². The van der Waals surface area contributed by atoms with Crippen LogP contribution in [0.25, 0.3) is 0 Å². The van der Waals surface area contributed by atoms with Crippen molar-refractivity contribution < 1.29 is 33.2 Å².